The first-order chi connectivity index (χ1) is 11.6. The second-order valence-corrected chi connectivity index (χ2v) is 7.16. The van der Waals surface area contributed by atoms with Crippen molar-refractivity contribution < 1.29 is 0 Å². The van der Waals surface area contributed by atoms with E-state index in [1.807, 2.05) is 0 Å². The van der Waals surface area contributed by atoms with Gasteiger partial charge in [0.15, 0.2) is 5.43 Å². The van der Waals surface area contributed by atoms with Crippen LogP contribution in [0.15, 0.2) is 47.3 Å². The van der Waals surface area contributed by atoms with Crippen molar-refractivity contribution in [2.24, 2.45) is 7.05 Å². The van der Waals surface area contributed by atoms with E-state index >= 15 is 0 Å². The van der Waals surface area contributed by atoms with Crippen molar-refractivity contribution in [3.63, 3.8) is 0 Å². The van der Waals surface area contributed by atoms with E-state index in [2.05, 4.69) is 67.9 Å². The quantitative estimate of drug-likeness (QED) is 0.631. The van der Waals surface area contributed by atoms with E-state index in [-0.39, 0.29) is 5.43 Å². The Bertz CT molecular complexity index is 995. The minimum atomic E-state index is 0.220. The normalized spacial score (nSPS) is 13.7. The van der Waals surface area contributed by atoms with Crippen LogP contribution in [0.1, 0.15) is 42.9 Å². The van der Waals surface area contributed by atoms with Crippen LogP contribution in [0.2, 0.25) is 0 Å². The maximum atomic E-state index is 13.2. The molecule has 1 aliphatic carbocycles. The van der Waals surface area contributed by atoms with Crippen LogP contribution in [0.5, 0.6) is 0 Å². The van der Waals surface area contributed by atoms with Crippen molar-refractivity contribution >= 4 is 10.9 Å². The second kappa shape index (κ2) is 5.62. The number of nitrogens with zero attached hydrogens (tertiary/aromatic N) is 1. The molecule has 0 amide bonds. The highest BCUT2D eigenvalue weighted by Gasteiger charge is 2.21. The van der Waals surface area contributed by atoms with Crippen molar-refractivity contribution in [2.45, 2.75) is 39.0 Å². The van der Waals surface area contributed by atoms with Crippen molar-refractivity contribution in [3.8, 4) is 11.3 Å². The second-order valence-electron chi connectivity index (χ2n) is 7.16. The minimum Gasteiger partial charge on any atom is -0.343 e. The molecule has 0 saturated heterocycles. The summed E-state index contributed by atoms with van der Waals surface area (Å²) in [5.74, 6) is 0.429. The Morgan fingerprint density at radius 2 is 1.83 bits per heavy atom. The average Bonchev–Trinajstić information content (AvgIpc) is 2.79. The molecule has 1 aromatic heterocycles. The molecule has 0 unspecified atom stereocenters. The molecule has 0 saturated carbocycles. The number of hydrogen-bond donors (Lipinski definition) is 0. The average molecular weight is 317 g/mol. The summed E-state index contributed by atoms with van der Waals surface area (Å²) in [5, 5.41) is 0.863. The Morgan fingerprint density at radius 1 is 1.04 bits per heavy atom. The lowest BCUT2D eigenvalue weighted by molar-refractivity contribution is 0.824. The molecule has 2 heteroatoms. The van der Waals surface area contributed by atoms with Gasteiger partial charge in [0, 0.05) is 23.6 Å². The van der Waals surface area contributed by atoms with Crippen LogP contribution in [-0.4, -0.2) is 4.57 Å². The van der Waals surface area contributed by atoms with Crippen molar-refractivity contribution in [1.29, 1.82) is 0 Å². The van der Waals surface area contributed by atoms with Gasteiger partial charge in [-0.1, -0.05) is 44.2 Å². The number of hydrogen-bond acceptors (Lipinski definition) is 1. The SMILES string of the molecule is CC(C)c1ccc2c(c1)c(=O)c1c(n2C)-c2ccccc2CCC1. The molecule has 1 aliphatic rings. The summed E-state index contributed by atoms with van der Waals surface area (Å²) < 4.78 is 2.22. The van der Waals surface area contributed by atoms with E-state index in [1.165, 1.54) is 16.7 Å². The summed E-state index contributed by atoms with van der Waals surface area (Å²) in [6.45, 7) is 4.34. The topological polar surface area (TPSA) is 22.0 Å². The fourth-order valence-corrected chi connectivity index (χ4v) is 3.98. The molecular formula is C22H23NO. The molecule has 0 aliphatic heterocycles. The minimum absolute atomic E-state index is 0.220. The summed E-state index contributed by atoms with van der Waals surface area (Å²) >= 11 is 0. The zero-order valence-electron chi connectivity index (χ0n) is 14.6. The van der Waals surface area contributed by atoms with Crippen molar-refractivity contribution in [2.75, 3.05) is 0 Å². The standard InChI is InChI=1S/C22H23NO/c1-14(2)16-11-12-20-19(13-16)22(24)18-10-6-8-15-7-4-5-9-17(15)21(18)23(20)3/h4-5,7,9,11-14H,6,8,10H2,1-3H3. The zero-order chi connectivity index (χ0) is 16.8. The van der Waals surface area contributed by atoms with Gasteiger partial charge in [-0.25, -0.2) is 0 Å². The highest BCUT2D eigenvalue weighted by atomic mass is 16.1. The molecule has 4 rings (SSSR count). The fraction of sp³-hybridized carbons (Fsp3) is 0.318. The highest BCUT2D eigenvalue weighted by Crippen LogP contribution is 2.33. The predicted molar refractivity (Wildman–Crippen MR) is 101 cm³/mol. The Labute approximate surface area is 142 Å². The van der Waals surface area contributed by atoms with E-state index in [0.717, 1.165) is 41.4 Å². The lowest BCUT2D eigenvalue weighted by Gasteiger charge is -2.18. The van der Waals surface area contributed by atoms with Gasteiger partial charge in [-0.3, -0.25) is 4.79 Å². The zero-order valence-corrected chi connectivity index (χ0v) is 14.6. The van der Waals surface area contributed by atoms with Gasteiger partial charge in [0.05, 0.1) is 11.2 Å². The summed E-state index contributed by atoms with van der Waals surface area (Å²) in [6, 6.07) is 14.9. The van der Waals surface area contributed by atoms with E-state index < -0.39 is 0 Å². The van der Waals surface area contributed by atoms with Crippen molar-refractivity contribution in [3.05, 3.63) is 69.4 Å². The maximum absolute atomic E-state index is 13.2. The van der Waals surface area contributed by atoms with Crippen LogP contribution >= 0.6 is 0 Å². The lowest BCUT2D eigenvalue weighted by atomic mass is 9.96. The van der Waals surface area contributed by atoms with Gasteiger partial charge in [0.25, 0.3) is 0 Å². The Balaban J connectivity index is 2.12. The van der Waals surface area contributed by atoms with E-state index in [9.17, 15) is 4.79 Å². The molecule has 0 atom stereocenters. The Hall–Kier alpha value is -2.35. The monoisotopic (exact) mass is 317 g/mol. The third-order valence-corrected chi connectivity index (χ3v) is 5.33. The van der Waals surface area contributed by atoms with Crippen LogP contribution in [0.3, 0.4) is 0 Å². The van der Waals surface area contributed by atoms with Crippen LogP contribution in [-0.2, 0) is 19.9 Å². The number of fused-ring (bicyclic) bond motifs is 4. The molecule has 2 nitrogen and oxygen atoms in total. The summed E-state index contributed by atoms with van der Waals surface area (Å²) in [7, 11) is 2.09. The molecule has 24 heavy (non-hydrogen) atoms. The van der Waals surface area contributed by atoms with Gasteiger partial charge < -0.3 is 4.57 Å². The number of aromatic nitrogens is 1. The van der Waals surface area contributed by atoms with E-state index in [4.69, 9.17) is 0 Å². The number of aryl methyl sites for hydroxylation is 2. The van der Waals surface area contributed by atoms with E-state index in [1.54, 1.807) is 0 Å². The third kappa shape index (κ3) is 2.21. The van der Waals surface area contributed by atoms with E-state index in [0.29, 0.717) is 5.92 Å². The first kappa shape index (κ1) is 15.2. The molecule has 3 aromatic rings. The van der Waals surface area contributed by atoms with Crippen LogP contribution in [0.4, 0.5) is 0 Å². The van der Waals surface area contributed by atoms with Gasteiger partial charge >= 0.3 is 0 Å². The molecule has 0 bridgehead atoms. The van der Waals surface area contributed by atoms with Gasteiger partial charge in [-0.05, 0) is 48.4 Å². The summed E-state index contributed by atoms with van der Waals surface area (Å²) in [6.07, 6.45) is 2.94. The molecule has 0 N–H and O–H groups in total. The molecule has 1 heterocycles. The molecule has 122 valence electrons. The van der Waals surface area contributed by atoms with Gasteiger partial charge in [0.2, 0.25) is 0 Å². The Morgan fingerprint density at radius 3 is 2.62 bits per heavy atom. The number of rotatable bonds is 1. The largest absolute Gasteiger partial charge is 0.343 e. The molecular weight excluding hydrogens is 294 g/mol. The van der Waals surface area contributed by atoms with Crippen LogP contribution < -0.4 is 5.43 Å². The first-order valence-electron chi connectivity index (χ1n) is 8.81. The number of pyridine rings is 1. The molecule has 0 radical (unpaired) electrons. The van der Waals surface area contributed by atoms with Gasteiger partial charge in [-0.15, -0.1) is 0 Å². The first-order valence-corrected chi connectivity index (χ1v) is 8.81. The van der Waals surface area contributed by atoms with Crippen molar-refractivity contribution in [1.82, 2.24) is 4.57 Å². The predicted octanol–water partition coefficient (Wildman–Crippen LogP) is 4.82. The van der Waals surface area contributed by atoms with Crippen LogP contribution in [0.25, 0.3) is 22.2 Å². The molecule has 0 fully saturated rings. The van der Waals surface area contributed by atoms with Gasteiger partial charge in [-0.2, -0.15) is 0 Å². The lowest BCUT2D eigenvalue weighted by Crippen LogP contribution is -2.17. The molecule has 2 aromatic carbocycles. The number of benzene rings is 2. The Kier molecular flexibility index (Phi) is 3.56. The maximum Gasteiger partial charge on any atom is 0.193 e. The molecule has 0 spiro atoms. The van der Waals surface area contributed by atoms with Crippen LogP contribution in [0, 0.1) is 0 Å². The summed E-state index contributed by atoms with van der Waals surface area (Å²) in [4.78, 5) is 13.2. The third-order valence-electron chi connectivity index (χ3n) is 5.33. The fourth-order valence-electron chi connectivity index (χ4n) is 3.98. The smallest absolute Gasteiger partial charge is 0.193 e. The van der Waals surface area contributed by atoms with Gasteiger partial charge in [0.1, 0.15) is 0 Å². The highest BCUT2D eigenvalue weighted by molar-refractivity contribution is 5.85. The summed E-state index contributed by atoms with van der Waals surface area (Å²) in [5.41, 5.74) is 7.14.